The Labute approximate surface area is 87.3 Å². The number of nitrogens with zero attached hydrogens (tertiary/aromatic N) is 3. The fraction of sp³-hybridized carbons (Fsp3) is 0.200. The van der Waals surface area contributed by atoms with Crippen LogP contribution in [-0.2, 0) is 0 Å². The Bertz CT molecular complexity index is 462. The van der Waals surface area contributed by atoms with Gasteiger partial charge in [0.1, 0.15) is 0 Å². The molecule has 4 heteroatoms. The van der Waals surface area contributed by atoms with Crippen LogP contribution in [0.15, 0.2) is 24.4 Å². The molecule has 0 unspecified atom stereocenters. The van der Waals surface area contributed by atoms with E-state index in [9.17, 15) is 0 Å². The van der Waals surface area contributed by atoms with Crippen molar-refractivity contribution >= 4 is 11.6 Å². The molecule has 0 aliphatic rings. The molecule has 72 valence electrons. The Morgan fingerprint density at radius 3 is 2.64 bits per heavy atom. The number of hydrogen-bond acceptors (Lipinski definition) is 2. The van der Waals surface area contributed by atoms with E-state index < -0.39 is 0 Å². The first-order chi connectivity index (χ1) is 6.66. The predicted octanol–water partition coefficient (Wildman–Crippen LogP) is 2.54. The molecular formula is C10H10ClN3. The predicted molar refractivity (Wildman–Crippen MR) is 55.8 cm³/mol. The lowest BCUT2D eigenvalue weighted by Gasteiger charge is -2.04. The molecule has 0 N–H and O–H groups in total. The van der Waals surface area contributed by atoms with Crippen LogP contribution in [0.5, 0.6) is 0 Å². The number of hydrogen-bond donors (Lipinski definition) is 0. The molecule has 0 saturated heterocycles. The highest BCUT2D eigenvalue weighted by Crippen LogP contribution is 2.15. The molecule has 0 bridgehead atoms. The summed E-state index contributed by atoms with van der Waals surface area (Å²) in [6, 6.07) is 6.15. The topological polar surface area (TPSA) is 30.7 Å². The summed E-state index contributed by atoms with van der Waals surface area (Å²) in [5, 5.41) is 8.05. The normalized spacial score (nSPS) is 10.5. The van der Waals surface area contributed by atoms with Gasteiger partial charge in [-0.15, -0.1) is 5.10 Å². The number of halogens is 1. The molecule has 1 aromatic carbocycles. The van der Waals surface area contributed by atoms with Crippen molar-refractivity contribution in [2.75, 3.05) is 0 Å². The summed E-state index contributed by atoms with van der Waals surface area (Å²) in [6.45, 7) is 4.10. The minimum Gasteiger partial charge on any atom is -0.219 e. The Balaban J connectivity index is 2.52. The summed E-state index contributed by atoms with van der Waals surface area (Å²) in [6.07, 6.45) is 1.69. The van der Waals surface area contributed by atoms with Gasteiger partial charge >= 0.3 is 0 Å². The fourth-order valence-electron chi connectivity index (χ4n) is 1.42. The van der Waals surface area contributed by atoms with Gasteiger partial charge in [0.15, 0.2) is 5.15 Å². The average molecular weight is 208 g/mol. The molecule has 2 rings (SSSR count). The van der Waals surface area contributed by atoms with Crippen LogP contribution in [0.2, 0.25) is 5.15 Å². The van der Waals surface area contributed by atoms with Gasteiger partial charge in [-0.2, -0.15) is 0 Å². The Kier molecular flexibility index (Phi) is 2.25. The number of benzene rings is 1. The van der Waals surface area contributed by atoms with Crippen LogP contribution >= 0.6 is 11.6 Å². The first-order valence-electron chi connectivity index (χ1n) is 4.32. The lowest BCUT2D eigenvalue weighted by Crippen LogP contribution is -1.97. The van der Waals surface area contributed by atoms with Crippen LogP contribution in [0, 0.1) is 13.8 Å². The van der Waals surface area contributed by atoms with Crippen LogP contribution in [0.25, 0.3) is 5.69 Å². The largest absolute Gasteiger partial charge is 0.219 e. The maximum absolute atomic E-state index is 5.70. The summed E-state index contributed by atoms with van der Waals surface area (Å²) in [5.41, 5.74) is 3.40. The zero-order valence-electron chi connectivity index (χ0n) is 8.03. The van der Waals surface area contributed by atoms with Gasteiger partial charge in [0.05, 0.1) is 11.9 Å². The molecule has 1 heterocycles. The number of rotatable bonds is 1. The second-order valence-corrected chi connectivity index (χ2v) is 3.66. The first-order valence-corrected chi connectivity index (χ1v) is 4.70. The Morgan fingerprint density at radius 2 is 2.07 bits per heavy atom. The summed E-state index contributed by atoms with van der Waals surface area (Å²) in [7, 11) is 0. The highest BCUT2D eigenvalue weighted by atomic mass is 35.5. The monoisotopic (exact) mass is 207 g/mol. The lowest BCUT2D eigenvalue weighted by molar-refractivity contribution is 0.798. The van der Waals surface area contributed by atoms with E-state index in [1.165, 1.54) is 5.56 Å². The molecule has 0 saturated carbocycles. The molecule has 0 spiro atoms. The van der Waals surface area contributed by atoms with E-state index in [0.717, 1.165) is 11.3 Å². The third kappa shape index (κ3) is 1.63. The van der Waals surface area contributed by atoms with Crippen molar-refractivity contribution in [2.45, 2.75) is 13.8 Å². The van der Waals surface area contributed by atoms with Crippen LogP contribution < -0.4 is 0 Å². The van der Waals surface area contributed by atoms with Crippen molar-refractivity contribution in [1.82, 2.24) is 15.0 Å². The van der Waals surface area contributed by atoms with Crippen LogP contribution in [0.4, 0.5) is 0 Å². The maximum atomic E-state index is 5.70. The fourth-order valence-corrected chi connectivity index (χ4v) is 1.55. The Hall–Kier alpha value is -1.35. The number of aryl methyl sites for hydroxylation is 2. The van der Waals surface area contributed by atoms with Crippen LogP contribution in [-0.4, -0.2) is 15.0 Å². The zero-order valence-corrected chi connectivity index (χ0v) is 8.78. The van der Waals surface area contributed by atoms with E-state index in [4.69, 9.17) is 11.6 Å². The van der Waals surface area contributed by atoms with Crippen molar-refractivity contribution in [3.8, 4) is 5.69 Å². The molecule has 0 amide bonds. The van der Waals surface area contributed by atoms with Crippen molar-refractivity contribution in [3.63, 3.8) is 0 Å². The summed E-state index contributed by atoms with van der Waals surface area (Å²) < 4.78 is 1.68. The first kappa shape index (κ1) is 9.21. The van der Waals surface area contributed by atoms with E-state index in [1.54, 1.807) is 10.9 Å². The third-order valence-corrected chi connectivity index (χ3v) is 2.24. The SMILES string of the molecule is Cc1ccc(-n2cc(Cl)nn2)c(C)c1. The molecule has 0 aliphatic carbocycles. The van der Waals surface area contributed by atoms with Crippen molar-refractivity contribution in [1.29, 1.82) is 0 Å². The smallest absolute Gasteiger partial charge is 0.171 e. The van der Waals surface area contributed by atoms with Gasteiger partial charge in [-0.3, -0.25) is 0 Å². The highest BCUT2D eigenvalue weighted by Gasteiger charge is 2.03. The molecule has 0 atom stereocenters. The zero-order chi connectivity index (χ0) is 10.1. The van der Waals surface area contributed by atoms with E-state index >= 15 is 0 Å². The van der Waals surface area contributed by atoms with E-state index in [0.29, 0.717) is 5.15 Å². The third-order valence-electron chi connectivity index (χ3n) is 2.06. The van der Waals surface area contributed by atoms with E-state index in [2.05, 4.69) is 23.3 Å². The van der Waals surface area contributed by atoms with Crippen molar-refractivity contribution in [3.05, 3.63) is 40.7 Å². The molecule has 14 heavy (non-hydrogen) atoms. The van der Waals surface area contributed by atoms with Crippen LogP contribution in [0.1, 0.15) is 11.1 Å². The standard InChI is InChI=1S/C10H10ClN3/c1-7-3-4-9(8(2)5-7)14-6-10(11)12-13-14/h3-6H,1-2H3. The van der Waals surface area contributed by atoms with Crippen molar-refractivity contribution in [2.24, 2.45) is 0 Å². The summed E-state index contributed by atoms with van der Waals surface area (Å²) in [4.78, 5) is 0. The van der Waals surface area contributed by atoms with Gasteiger partial charge < -0.3 is 0 Å². The van der Waals surface area contributed by atoms with Crippen LogP contribution in [0.3, 0.4) is 0 Å². The highest BCUT2D eigenvalue weighted by molar-refractivity contribution is 6.29. The van der Waals surface area contributed by atoms with Gasteiger partial charge in [0, 0.05) is 0 Å². The lowest BCUT2D eigenvalue weighted by atomic mass is 10.1. The summed E-state index contributed by atoms with van der Waals surface area (Å²) >= 11 is 5.70. The molecule has 0 radical (unpaired) electrons. The van der Waals surface area contributed by atoms with Crippen molar-refractivity contribution < 1.29 is 0 Å². The second kappa shape index (κ2) is 3.42. The molecule has 1 aromatic heterocycles. The minimum absolute atomic E-state index is 0.407. The summed E-state index contributed by atoms with van der Waals surface area (Å²) in [5.74, 6) is 0. The molecule has 3 nitrogen and oxygen atoms in total. The van der Waals surface area contributed by atoms with Gasteiger partial charge in [-0.05, 0) is 25.5 Å². The van der Waals surface area contributed by atoms with Gasteiger partial charge in [0.25, 0.3) is 0 Å². The molecular weight excluding hydrogens is 198 g/mol. The van der Waals surface area contributed by atoms with Gasteiger partial charge in [0.2, 0.25) is 0 Å². The van der Waals surface area contributed by atoms with E-state index in [-0.39, 0.29) is 0 Å². The quantitative estimate of drug-likeness (QED) is 0.720. The van der Waals surface area contributed by atoms with Gasteiger partial charge in [-0.1, -0.05) is 34.5 Å². The minimum atomic E-state index is 0.407. The molecule has 2 aromatic rings. The second-order valence-electron chi connectivity index (χ2n) is 3.28. The molecule has 0 aliphatic heterocycles. The maximum Gasteiger partial charge on any atom is 0.171 e. The number of aromatic nitrogens is 3. The molecule has 0 fully saturated rings. The average Bonchev–Trinajstić information content (AvgIpc) is 2.51. The van der Waals surface area contributed by atoms with E-state index in [1.807, 2.05) is 19.1 Å². The van der Waals surface area contributed by atoms with Gasteiger partial charge in [-0.25, -0.2) is 4.68 Å². The Morgan fingerprint density at radius 1 is 1.29 bits per heavy atom.